The fourth-order valence-corrected chi connectivity index (χ4v) is 2.71. The van der Waals surface area contributed by atoms with Crippen molar-refractivity contribution in [2.75, 3.05) is 16.3 Å². The quantitative estimate of drug-likeness (QED) is 0.850. The van der Waals surface area contributed by atoms with Crippen molar-refractivity contribution in [3.05, 3.63) is 58.1 Å². The van der Waals surface area contributed by atoms with Crippen LogP contribution in [-0.4, -0.2) is 20.6 Å². The molecule has 7 heteroatoms. The van der Waals surface area contributed by atoms with Crippen LogP contribution in [0.25, 0.3) is 0 Å². The highest BCUT2D eigenvalue weighted by Gasteiger charge is 2.14. The van der Waals surface area contributed by atoms with Crippen LogP contribution in [0.1, 0.15) is 15.9 Å². The van der Waals surface area contributed by atoms with Gasteiger partial charge in [-0.3, -0.25) is 9.52 Å². The predicted molar refractivity (Wildman–Crippen MR) is 91.7 cm³/mol. The molecule has 0 heterocycles. The SMILES string of the molecule is Cc1cc(NC(=O)c2ccccc2NS(C)(=O)=O)ccc1Br. The van der Waals surface area contributed by atoms with Crippen LogP contribution in [-0.2, 0) is 10.0 Å². The van der Waals surface area contributed by atoms with Crippen LogP contribution in [0.2, 0.25) is 0 Å². The Balaban J connectivity index is 2.28. The van der Waals surface area contributed by atoms with Crippen molar-refractivity contribution in [2.45, 2.75) is 6.92 Å². The number of nitrogens with one attached hydrogen (secondary N) is 2. The van der Waals surface area contributed by atoms with Gasteiger partial charge in [0.1, 0.15) is 0 Å². The summed E-state index contributed by atoms with van der Waals surface area (Å²) in [6.07, 6.45) is 1.04. The second kappa shape index (κ2) is 6.50. The van der Waals surface area contributed by atoms with Crippen molar-refractivity contribution in [1.82, 2.24) is 0 Å². The summed E-state index contributed by atoms with van der Waals surface area (Å²) in [5.41, 5.74) is 2.13. The molecule has 0 aliphatic heterocycles. The normalized spacial score (nSPS) is 11.0. The van der Waals surface area contributed by atoms with Gasteiger partial charge in [-0.15, -0.1) is 0 Å². The lowest BCUT2D eigenvalue weighted by molar-refractivity contribution is 0.102. The number of para-hydroxylation sites is 1. The lowest BCUT2D eigenvalue weighted by Gasteiger charge is -2.11. The van der Waals surface area contributed by atoms with Gasteiger partial charge in [-0.2, -0.15) is 0 Å². The summed E-state index contributed by atoms with van der Waals surface area (Å²) < 4.78 is 26.0. The molecule has 0 aliphatic carbocycles. The van der Waals surface area contributed by atoms with E-state index in [-0.39, 0.29) is 17.2 Å². The van der Waals surface area contributed by atoms with Gasteiger partial charge in [-0.1, -0.05) is 28.1 Å². The molecular weight excluding hydrogens is 368 g/mol. The first-order chi connectivity index (χ1) is 10.3. The Hall–Kier alpha value is -1.86. The Morgan fingerprint density at radius 1 is 1.14 bits per heavy atom. The largest absolute Gasteiger partial charge is 0.322 e. The Bertz CT molecular complexity index is 819. The van der Waals surface area contributed by atoms with E-state index in [2.05, 4.69) is 26.0 Å². The van der Waals surface area contributed by atoms with Crippen molar-refractivity contribution in [1.29, 1.82) is 0 Å². The number of halogens is 1. The van der Waals surface area contributed by atoms with E-state index < -0.39 is 10.0 Å². The van der Waals surface area contributed by atoms with E-state index >= 15 is 0 Å². The van der Waals surface area contributed by atoms with E-state index in [0.29, 0.717) is 5.69 Å². The highest BCUT2D eigenvalue weighted by molar-refractivity contribution is 9.10. The summed E-state index contributed by atoms with van der Waals surface area (Å²) in [6.45, 7) is 1.92. The average Bonchev–Trinajstić information content (AvgIpc) is 2.41. The maximum Gasteiger partial charge on any atom is 0.257 e. The van der Waals surface area contributed by atoms with Crippen LogP contribution in [0.3, 0.4) is 0 Å². The maximum atomic E-state index is 12.4. The molecule has 2 N–H and O–H groups in total. The summed E-state index contributed by atoms with van der Waals surface area (Å²) in [7, 11) is -3.45. The van der Waals surface area contributed by atoms with Crippen LogP contribution in [0.15, 0.2) is 46.9 Å². The van der Waals surface area contributed by atoms with Crippen molar-refractivity contribution in [3.63, 3.8) is 0 Å². The predicted octanol–water partition coefficient (Wildman–Crippen LogP) is 3.38. The van der Waals surface area contributed by atoms with E-state index in [1.54, 1.807) is 30.3 Å². The van der Waals surface area contributed by atoms with Gasteiger partial charge in [0.25, 0.3) is 5.91 Å². The fraction of sp³-hybridized carbons (Fsp3) is 0.133. The highest BCUT2D eigenvalue weighted by atomic mass is 79.9. The van der Waals surface area contributed by atoms with Crippen LogP contribution < -0.4 is 10.0 Å². The zero-order chi connectivity index (χ0) is 16.3. The second-order valence-corrected chi connectivity index (χ2v) is 7.44. The van der Waals surface area contributed by atoms with E-state index in [4.69, 9.17) is 0 Å². The van der Waals surface area contributed by atoms with Crippen molar-refractivity contribution < 1.29 is 13.2 Å². The number of sulfonamides is 1. The molecule has 0 saturated heterocycles. The number of benzene rings is 2. The maximum absolute atomic E-state index is 12.4. The molecule has 0 saturated carbocycles. The summed E-state index contributed by atoms with van der Waals surface area (Å²) in [5.74, 6) is -0.381. The van der Waals surface area contributed by atoms with Crippen LogP contribution in [0.5, 0.6) is 0 Å². The van der Waals surface area contributed by atoms with Gasteiger partial charge in [-0.25, -0.2) is 8.42 Å². The zero-order valence-electron chi connectivity index (χ0n) is 12.1. The Labute approximate surface area is 137 Å². The van der Waals surface area contributed by atoms with Gasteiger partial charge >= 0.3 is 0 Å². The van der Waals surface area contributed by atoms with Crippen molar-refractivity contribution in [3.8, 4) is 0 Å². The third kappa shape index (κ3) is 4.32. The minimum atomic E-state index is -3.45. The molecule has 1 amide bonds. The van der Waals surface area contributed by atoms with Gasteiger partial charge < -0.3 is 5.32 Å². The number of rotatable bonds is 4. The third-order valence-electron chi connectivity index (χ3n) is 2.88. The number of aryl methyl sites for hydroxylation is 1. The highest BCUT2D eigenvalue weighted by Crippen LogP contribution is 2.22. The van der Waals surface area contributed by atoms with Gasteiger partial charge in [0.2, 0.25) is 10.0 Å². The molecule has 0 unspecified atom stereocenters. The molecule has 5 nitrogen and oxygen atoms in total. The number of carbonyl (C=O) groups excluding carboxylic acids is 1. The smallest absolute Gasteiger partial charge is 0.257 e. The summed E-state index contributed by atoms with van der Waals surface area (Å²) >= 11 is 3.40. The van der Waals surface area contributed by atoms with Crippen molar-refractivity contribution in [2.24, 2.45) is 0 Å². The fourth-order valence-electron chi connectivity index (χ4n) is 1.89. The van der Waals surface area contributed by atoms with Gasteiger partial charge in [-0.05, 0) is 42.8 Å². The molecule has 2 aromatic rings. The second-order valence-electron chi connectivity index (χ2n) is 4.84. The average molecular weight is 383 g/mol. The number of hydrogen-bond acceptors (Lipinski definition) is 3. The van der Waals surface area contributed by atoms with Crippen LogP contribution in [0, 0.1) is 6.92 Å². The Morgan fingerprint density at radius 2 is 1.82 bits per heavy atom. The molecule has 0 aliphatic rings. The zero-order valence-corrected chi connectivity index (χ0v) is 14.5. The lowest BCUT2D eigenvalue weighted by Crippen LogP contribution is -2.17. The Morgan fingerprint density at radius 3 is 2.45 bits per heavy atom. The number of amides is 1. The van der Waals surface area contributed by atoms with E-state index in [1.165, 1.54) is 0 Å². The number of hydrogen-bond donors (Lipinski definition) is 2. The molecule has 0 aromatic heterocycles. The topological polar surface area (TPSA) is 75.3 Å². The molecular formula is C15H15BrN2O3S. The van der Waals surface area contributed by atoms with Gasteiger partial charge in [0, 0.05) is 10.2 Å². The van der Waals surface area contributed by atoms with E-state index in [9.17, 15) is 13.2 Å². The third-order valence-corrected chi connectivity index (χ3v) is 4.36. The minimum Gasteiger partial charge on any atom is -0.322 e. The summed E-state index contributed by atoms with van der Waals surface area (Å²) in [6, 6.07) is 11.9. The van der Waals surface area contributed by atoms with E-state index in [0.717, 1.165) is 16.3 Å². The lowest BCUT2D eigenvalue weighted by atomic mass is 10.1. The van der Waals surface area contributed by atoms with Crippen LogP contribution >= 0.6 is 15.9 Å². The van der Waals surface area contributed by atoms with E-state index in [1.807, 2.05) is 19.1 Å². The molecule has 22 heavy (non-hydrogen) atoms. The molecule has 116 valence electrons. The molecule has 0 radical (unpaired) electrons. The van der Waals surface area contributed by atoms with Crippen molar-refractivity contribution >= 4 is 43.2 Å². The minimum absolute atomic E-state index is 0.247. The van der Waals surface area contributed by atoms with Gasteiger partial charge in [0.15, 0.2) is 0 Å². The first kappa shape index (κ1) is 16.5. The number of anilines is 2. The molecule has 0 atom stereocenters. The molecule has 0 bridgehead atoms. The standard InChI is InChI=1S/C15H15BrN2O3S/c1-10-9-11(7-8-13(10)16)17-15(19)12-5-3-4-6-14(12)18-22(2,20)21/h3-9,18H,1-2H3,(H,17,19). The molecule has 2 rings (SSSR count). The number of carbonyl (C=O) groups is 1. The Kier molecular flexibility index (Phi) is 4.87. The summed E-state index contributed by atoms with van der Waals surface area (Å²) in [4.78, 5) is 12.4. The molecule has 0 fully saturated rings. The van der Waals surface area contributed by atoms with Crippen LogP contribution in [0.4, 0.5) is 11.4 Å². The molecule has 2 aromatic carbocycles. The summed E-state index contributed by atoms with van der Waals surface area (Å²) in [5, 5.41) is 2.76. The first-order valence-electron chi connectivity index (χ1n) is 6.40. The monoisotopic (exact) mass is 382 g/mol. The first-order valence-corrected chi connectivity index (χ1v) is 9.09. The van der Waals surface area contributed by atoms with Gasteiger partial charge in [0.05, 0.1) is 17.5 Å². The molecule has 0 spiro atoms.